The monoisotopic (exact) mass is 120 g/mol. The van der Waals surface area contributed by atoms with Crippen LogP contribution in [0.5, 0.6) is 0 Å². The summed E-state index contributed by atoms with van der Waals surface area (Å²) in [5.41, 5.74) is 0. The highest BCUT2D eigenvalue weighted by atomic mass is 32.1. The zero-order valence-electron chi connectivity index (χ0n) is 4.09. The first-order valence-corrected chi connectivity index (χ1v) is 2.35. The minimum Gasteiger partial charge on any atom is -0.273 e. The maximum atomic E-state index is 10.2. The number of hydrogen-bond donors (Lipinski definition) is 2. The average molecular weight is 120 g/mol. The highest BCUT2D eigenvalue weighted by Gasteiger charge is 1.97. The Hall–Kier alpha value is -0.220. The topological polar surface area (TPSA) is 46.3 Å². The lowest BCUT2D eigenvalue weighted by Crippen LogP contribution is -2.26. The number of rotatable bonds is 1. The fourth-order valence-electron chi connectivity index (χ4n) is 0.162. The van der Waals surface area contributed by atoms with E-state index in [1.54, 1.807) is 6.92 Å². The van der Waals surface area contributed by atoms with Crippen molar-refractivity contribution in [1.82, 2.24) is 4.41 Å². The number of carbonyl (C=O) groups excluding carboxylic acids is 1. The molecule has 0 aliphatic heterocycles. The van der Waals surface area contributed by atoms with Gasteiger partial charge in [0, 0.05) is 6.42 Å². The first-order valence-electron chi connectivity index (χ1n) is 1.95. The van der Waals surface area contributed by atoms with Gasteiger partial charge in [-0.2, -0.15) is 0 Å². The van der Waals surface area contributed by atoms with E-state index in [4.69, 9.17) is 5.84 Å². The summed E-state index contributed by atoms with van der Waals surface area (Å²) in [6.45, 7) is 1.72. The summed E-state index contributed by atoms with van der Waals surface area (Å²) in [7, 11) is 0. The fraction of sp³-hybridized carbons (Fsp3) is 0.667. The lowest BCUT2D eigenvalue weighted by molar-refractivity contribution is -0.125. The van der Waals surface area contributed by atoms with Crippen LogP contribution in [0.4, 0.5) is 0 Å². The SMILES string of the molecule is CCC(=O)N(N)S. The predicted molar refractivity (Wildman–Crippen MR) is 30.3 cm³/mol. The van der Waals surface area contributed by atoms with Gasteiger partial charge in [0.15, 0.2) is 0 Å². The third-order valence-electron chi connectivity index (χ3n) is 0.558. The van der Waals surface area contributed by atoms with E-state index in [9.17, 15) is 4.79 Å². The molecule has 0 rings (SSSR count). The zero-order valence-corrected chi connectivity index (χ0v) is 4.98. The minimum absolute atomic E-state index is 0.177. The highest BCUT2D eigenvalue weighted by molar-refractivity contribution is 7.78. The van der Waals surface area contributed by atoms with Crippen LogP contribution in [0.3, 0.4) is 0 Å². The van der Waals surface area contributed by atoms with Gasteiger partial charge in [-0.1, -0.05) is 6.92 Å². The van der Waals surface area contributed by atoms with Gasteiger partial charge >= 0.3 is 0 Å². The summed E-state index contributed by atoms with van der Waals surface area (Å²) in [4.78, 5) is 10.2. The van der Waals surface area contributed by atoms with Gasteiger partial charge in [-0.25, -0.2) is 10.3 Å². The minimum atomic E-state index is -0.177. The number of hydrazine groups is 1. The molecule has 0 radical (unpaired) electrons. The van der Waals surface area contributed by atoms with E-state index in [0.717, 1.165) is 4.41 Å². The molecule has 0 aliphatic carbocycles. The lowest BCUT2D eigenvalue weighted by Gasteiger charge is -2.03. The summed E-state index contributed by atoms with van der Waals surface area (Å²) in [6, 6.07) is 0. The van der Waals surface area contributed by atoms with Gasteiger partial charge in [0.2, 0.25) is 5.91 Å². The molecule has 3 nitrogen and oxygen atoms in total. The maximum absolute atomic E-state index is 10.2. The van der Waals surface area contributed by atoms with Crippen molar-refractivity contribution in [2.24, 2.45) is 5.84 Å². The van der Waals surface area contributed by atoms with Crippen LogP contribution in [0, 0.1) is 0 Å². The quantitative estimate of drug-likeness (QED) is 0.220. The zero-order chi connectivity index (χ0) is 5.86. The number of hydrogen-bond acceptors (Lipinski definition) is 3. The first-order chi connectivity index (χ1) is 3.18. The van der Waals surface area contributed by atoms with E-state index >= 15 is 0 Å². The molecule has 7 heavy (non-hydrogen) atoms. The molecule has 4 heteroatoms. The van der Waals surface area contributed by atoms with Gasteiger partial charge in [0.1, 0.15) is 0 Å². The van der Waals surface area contributed by atoms with Crippen molar-refractivity contribution in [1.29, 1.82) is 0 Å². The Kier molecular flexibility index (Phi) is 2.78. The molecule has 42 valence electrons. The first kappa shape index (κ1) is 6.78. The van der Waals surface area contributed by atoms with Crippen molar-refractivity contribution in [3.63, 3.8) is 0 Å². The lowest BCUT2D eigenvalue weighted by atomic mass is 10.5. The van der Waals surface area contributed by atoms with E-state index in [1.807, 2.05) is 0 Å². The molecule has 2 N–H and O–H groups in total. The van der Waals surface area contributed by atoms with Crippen LogP contribution in [-0.4, -0.2) is 10.3 Å². The summed E-state index contributed by atoms with van der Waals surface area (Å²) < 4.78 is 0.778. The number of thiol groups is 1. The van der Waals surface area contributed by atoms with Gasteiger partial charge in [0.25, 0.3) is 0 Å². The normalized spacial score (nSPS) is 8.43. The van der Waals surface area contributed by atoms with Crippen LogP contribution >= 0.6 is 12.8 Å². The Morgan fingerprint density at radius 1 is 2.00 bits per heavy atom. The number of nitrogens with zero attached hydrogens (tertiary/aromatic N) is 1. The molecule has 0 saturated heterocycles. The summed E-state index contributed by atoms with van der Waals surface area (Å²) in [5, 5.41) is 0. The number of carbonyl (C=O) groups is 1. The van der Waals surface area contributed by atoms with Crippen molar-refractivity contribution < 1.29 is 4.79 Å². The Balaban J connectivity index is 3.35. The molecule has 0 fully saturated rings. The van der Waals surface area contributed by atoms with Gasteiger partial charge in [-0.05, 0) is 12.8 Å². The molecule has 0 aromatic heterocycles. The fourth-order valence-corrected chi connectivity index (χ4v) is 0.303. The molecule has 0 aromatic carbocycles. The van der Waals surface area contributed by atoms with E-state index < -0.39 is 0 Å². The van der Waals surface area contributed by atoms with E-state index in [-0.39, 0.29) is 5.91 Å². The molecular formula is C3H8N2OS. The Morgan fingerprint density at radius 3 is 2.43 bits per heavy atom. The average Bonchev–Trinajstić information content (AvgIpc) is 1.65. The van der Waals surface area contributed by atoms with Crippen LogP contribution in [0.1, 0.15) is 13.3 Å². The third-order valence-corrected chi connectivity index (χ3v) is 0.781. The molecule has 0 aromatic rings. The molecule has 1 amide bonds. The van der Waals surface area contributed by atoms with Crippen LogP contribution in [0.25, 0.3) is 0 Å². The smallest absolute Gasteiger partial charge is 0.246 e. The van der Waals surface area contributed by atoms with Gasteiger partial charge in [-0.3, -0.25) is 4.79 Å². The largest absolute Gasteiger partial charge is 0.273 e. The standard InChI is InChI=1S/C3H8N2OS/c1-2-3(6)5(4)7/h7H,2,4H2,1H3. The van der Waals surface area contributed by atoms with E-state index in [1.165, 1.54) is 0 Å². The van der Waals surface area contributed by atoms with Crippen molar-refractivity contribution in [2.45, 2.75) is 13.3 Å². The maximum Gasteiger partial charge on any atom is 0.246 e. The predicted octanol–water partition coefficient (Wildman–Crippen LogP) is -0.0565. The van der Waals surface area contributed by atoms with Crippen molar-refractivity contribution in [3.8, 4) is 0 Å². The number of amides is 1. The molecule has 0 saturated carbocycles. The molecule has 0 unspecified atom stereocenters. The second-order valence-electron chi connectivity index (χ2n) is 1.09. The molecule has 0 aliphatic rings. The van der Waals surface area contributed by atoms with Crippen LogP contribution in [-0.2, 0) is 4.79 Å². The summed E-state index contributed by atoms with van der Waals surface area (Å²) >= 11 is 3.53. The van der Waals surface area contributed by atoms with Crippen LogP contribution < -0.4 is 5.84 Å². The second kappa shape index (κ2) is 2.87. The van der Waals surface area contributed by atoms with E-state index in [2.05, 4.69) is 12.8 Å². The van der Waals surface area contributed by atoms with Crippen molar-refractivity contribution >= 4 is 18.7 Å². The molecule has 0 heterocycles. The third kappa shape index (κ3) is 2.47. The molecule has 0 spiro atoms. The Bertz CT molecular complexity index is 73.3. The van der Waals surface area contributed by atoms with Crippen LogP contribution in [0.2, 0.25) is 0 Å². The molecule has 0 bridgehead atoms. The van der Waals surface area contributed by atoms with Gasteiger partial charge < -0.3 is 0 Å². The van der Waals surface area contributed by atoms with E-state index in [0.29, 0.717) is 6.42 Å². The Labute approximate surface area is 48.0 Å². The molecule has 0 atom stereocenters. The Morgan fingerprint density at radius 2 is 2.43 bits per heavy atom. The second-order valence-corrected chi connectivity index (χ2v) is 1.52. The van der Waals surface area contributed by atoms with Gasteiger partial charge in [-0.15, -0.1) is 0 Å². The molecular weight excluding hydrogens is 112 g/mol. The number of nitrogens with two attached hydrogens (primary N) is 1. The van der Waals surface area contributed by atoms with Crippen molar-refractivity contribution in [2.75, 3.05) is 0 Å². The van der Waals surface area contributed by atoms with Crippen LogP contribution in [0.15, 0.2) is 0 Å². The van der Waals surface area contributed by atoms with Crippen molar-refractivity contribution in [3.05, 3.63) is 0 Å². The summed E-state index contributed by atoms with van der Waals surface area (Å²) in [6.07, 6.45) is 0.403. The van der Waals surface area contributed by atoms with Gasteiger partial charge in [0.05, 0.1) is 0 Å². The summed E-state index contributed by atoms with van der Waals surface area (Å²) in [5.74, 6) is 4.72. The highest BCUT2D eigenvalue weighted by Crippen LogP contribution is 1.86.